The summed E-state index contributed by atoms with van der Waals surface area (Å²) in [5.41, 5.74) is -4.15. The third-order valence-electron chi connectivity index (χ3n) is 6.21. The minimum absolute atomic E-state index is 0.180. The largest absolute Gasteiger partial charge is 0.511 e. The summed E-state index contributed by atoms with van der Waals surface area (Å²) in [5.74, 6) is -1.53. The molecule has 2 aliphatic rings. The molecule has 2 amide bonds. The summed E-state index contributed by atoms with van der Waals surface area (Å²) < 4.78 is 12.2. The minimum atomic E-state index is -2.25. The molecular formula is C25H16Br2N4O5. The van der Waals surface area contributed by atoms with Gasteiger partial charge in [0.1, 0.15) is 0 Å². The minimum Gasteiger partial charge on any atom is -0.407 e. The molecule has 36 heavy (non-hydrogen) atoms. The molecule has 4 rings (SSSR count). The number of nitrogens with zero attached hydrogens (tertiary/aromatic N) is 4. The van der Waals surface area contributed by atoms with Crippen LogP contribution in [-0.4, -0.2) is 32.1 Å². The number of halogens is 2. The van der Waals surface area contributed by atoms with E-state index in [1.807, 2.05) is 0 Å². The molecule has 2 unspecified atom stereocenters. The first-order valence-corrected chi connectivity index (χ1v) is 11.8. The molecule has 2 atom stereocenters. The number of benzene rings is 2. The Labute approximate surface area is 223 Å². The van der Waals surface area contributed by atoms with Gasteiger partial charge in [-0.1, -0.05) is 37.4 Å². The maximum atomic E-state index is 13.4. The van der Waals surface area contributed by atoms with Gasteiger partial charge >= 0.3 is 6.16 Å². The first kappa shape index (κ1) is 25.2. The lowest BCUT2D eigenvalue weighted by Crippen LogP contribution is -2.47. The fourth-order valence-corrected chi connectivity index (χ4v) is 5.78. The Morgan fingerprint density at radius 3 is 1.53 bits per heavy atom. The second-order valence-corrected chi connectivity index (χ2v) is 9.71. The predicted molar refractivity (Wildman–Crippen MR) is 136 cm³/mol. The fourth-order valence-electron chi connectivity index (χ4n) is 4.52. The van der Waals surface area contributed by atoms with E-state index in [0.717, 1.165) is 0 Å². The number of likely N-dealkylation sites (N-methyl/N-ethyl adjacent to an activating group) is 2. The third-order valence-corrected chi connectivity index (χ3v) is 7.49. The number of amides is 2. The fraction of sp³-hybridized carbons (Fsp3) is 0.160. The molecule has 2 aromatic rings. The molecular weight excluding hydrogens is 596 g/mol. The number of carbonyl (C=O) groups excluding carboxylic acids is 3. The predicted octanol–water partition coefficient (Wildman–Crippen LogP) is 4.57. The Hall–Kier alpha value is -3.93. The van der Waals surface area contributed by atoms with Crippen molar-refractivity contribution in [2.75, 3.05) is 23.9 Å². The number of para-hydroxylation sites is 2. The lowest BCUT2D eigenvalue weighted by Gasteiger charge is -2.31. The molecule has 180 valence electrons. The van der Waals surface area contributed by atoms with Crippen molar-refractivity contribution in [2.45, 2.75) is 11.2 Å². The van der Waals surface area contributed by atoms with Crippen molar-refractivity contribution in [1.82, 2.24) is 0 Å². The van der Waals surface area contributed by atoms with Crippen molar-refractivity contribution < 1.29 is 23.9 Å². The normalized spacial score (nSPS) is 21.8. The molecule has 0 radical (unpaired) electrons. The van der Waals surface area contributed by atoms with Gasteiger partial charge in [0.05, 0.1) is 34.7 Å². The van der Waals surface area contributed by atoms with Gasteiger partial charge in [-0.05, 0) is 44.0 Å². The molecule has 0 spiro atoms. The molecule has 9 nitrogen and oxygen atoms in total. The highest BCUT2D eigenvalue weighted by Gasteiger charge is 2.60. The van der Waals surface area contributed by atoms with Crippen LogP contribution in [0.4, 0.5) is 16.2 Å². The molecule has 2 aromatic carbocycles. The van der Waals surface area contributed by atoms with Crippen molar-refractivity contribution in [2.24, 2.45) is 0 Å². The number of hydrogen-bond acceptors (Lipinski definition) is 7. The van der Waals surface area contributed by atoms with Crippen molar-refractivity contribution in [3.63, 3.8) is 0 Å². The summed E-state index contributed by atoms with van der Waals surface area (Å²) in [7, 11) is 2.91. The van der Waals surface area contributed by atoms with Crippen LogP contribution in [0.5, 0.6) is 0 Å². The first-order chi connectivity index (χ1) is 17.0. The summed E-state index contributed by atoms with van der Waals surface area (Å²) >= 11 is 6.74. The molecule has 0 aliphatic carbocycles. The van der Waals surface area contributed by atoms with E-state index >= 15 is 0 Å². The molecule has 2 aliphatic heterocycles. The number of hydrogen-bond donors (Lipinski definition) is 0. The molecule has 0 saturated heterocycles. The zero-order valence-corrected chi connectivity index (χ0v) is 22.1. The zero-order chi connectivity index (χ0) is 26.6. The van der Waals surface area contributed by atoms with Crippen molar-refractivity contribution >= 4 is 61.2 Å². The van der Waals surface area contributed by atoms with Gasteiger partial charge in [-0.2, -0.15) is 10.5 Å². The first-order valence-electron chi connectivity index (χ1n) is 10.2. The molecule has 0 N–H and O–H groups in total. The lowest BCUT2D eigenvalue weighted by molar-refractivity contribution is -0.142. The van der Waals surface area contributed by atoms with E-state index in [1.54, 1.807) is 36.4 Å². The van der Waals surface area contributed by atoms with Crippen LogP contribution in [0.1, 0.15) is 11.1 Å². The van der Waals surface area contributed by atoms with Crippen LogP contribution in [0.3, 0.4) is 0 Å². The van der Waals surface area contributed by atoms with Crippen LogP contribution in [0.15, 0.2) is 69.6 Å². The van der Waals surface area contributed by atoms with Crippen LogP contribution in [0, 0.1) is 22.7 Å². The third kappa shape index (κ3) is 3.13. The van der Waals surface area contributed by atoms with E-state index < -0.39 is 29.2 Å². The van der Waals surface area contributed by atoms with Gasteiger partial charge in [0.15, 0.2) is 0 Å². The quantitative estimate of drug-likeness (QED) is 0.366. The average Bonchev–Trinajstić information content (AvgIpc) is 3.21. The zero-order valence-electron chi connectivity index (χ0n) is 19.0. The topological polar surface area (TPSA) is 124 Å². The molecule has 0 bridgehead atoms. The van der Waals surface area contributed by atoms with Crippen LogP contribution < -0.4 is 9.80 Å². The Bertz CT molecular complexity index is 1380. The summed E-state index contributed by atoms with van der Waals surface area (Å²) in [5, 5.41) is 19.4. The number of carbonyl (C=O) groups is 3. The summed E-state index contributed by atoms with van der Waals surface area (Å²) in [6, 6.07) is 13.2. The number of anilines is 2. The monoisotopic (exact) mass is 610 g/mol. The van der Waals surface area contributed by atoms with Gasteiger partial charge < -0.3 is 19.3 Å². The van der Waals surface area contributed by atoms with Crippen LogP contribution in [-0.2, 0) is 30.3 Å². The maximum absolute atomic E-state index is 13.4. The second-order valence-electron chi connectivity index (χ2n) is 8.00. The van der Waals surface area contributed by atoms with Gasteiger partial charge in [0, 0.05) is 34.2 Å². The molecule has 0 aromatic heterocycles. The number of ether oxygens (including phenoxy) is 2. The van der Waals surface area contributed by atoms with Crippen LogP contribution in [0.25, 0.3) is 0 Å². The highest BCUT2D eigenvalue weighted by Crippen LogP contribution is 2.52. The van der Waals surface area contributed by atoms with Gasteiger partial charge in [-0.15, -0.1) is 0 Å². The van der Waals surface area contributed by atoms with Gasteiger partial charge in [0.25, 0.3) is 23.0 Å². The van der Waals surface area contributed by atoms with Gasteiger partial charge in [0.2, 0.25) is 0 Å². The number of nitriles is 2. The summed E-state index contributed by atoms with van der Waals surface area (Å²) in [6.45, 7) is 7.32. The molecule has 11 heteroatoms. The van der Waals surface area contributed by atoms with Crippen LogP contribution >= 0.6 is 31.9 Å². The summed E-state index contributed by atoms with van der Waals surface area (Å²) in [4.78, 5) is 42.7. The Morgan fingerprint density at radius 1 is 0.833 bits per heavy atom. The van der Waals surface area contributed by atoms with E-state index in [9.17, 15) is 24.9 Å². The van der Waals surface area contributed by atoms with Crippen molar-refractivity contribution in [3.05, 3.63) is 80.8 Å². The Morgan fingerprint density at radius 2 is 1.19 bits per heavy atom. The maximum Gasteiger partial charge on any atom is 0.511 e. The van der Waals surface area contributed by atoms with E-state index in [-0.39, 0.29) is 22.3 Å². The highest BCUT2D eigenvalue weighted by molar-refractivity contribution is 9.11. The Kier molecular flexibility index (Phi) is 6.03. The molecule has 2 heterocycles. The Balaban J connectivity index is 1.86. The average molecular weight is 612 g/mol. The number of fused-ring (bicyclic) bond motifs is 2. The second kappa shape index (κ2) is 8.63. The van der Waals surface area contributed by atoms with E-state index in [2.05, 4.69) is 45.0 Å². The van der Waals surface area contributed by atoms with Gasteiger partial charge in [-0.3, -0.25) is 9.59 Å². The van der Waals surface area contributed by atoms with E-state index in [4.69, 9.17) is 9.47 Å². The van der Waals surface area contributed by atoms with E-state index in [1.165, 1.54) is 36.0 Å². The highest BCUT2D eigenvalue weighted by atomic mass is 79.9. The van der Waals surface area contributed by atoms with Crippen LogP contribution in [0.2, 0.25) is 0 Å². The molecule has 0 saturated carbocycles. The summed E-state index contributed by atoms with van der Waals surface area (Å²) in [6.07, 6.45) is -1.48. The smallest absolute Gasteiger partial charge is 0.407 e. The molecule has 0 fully saturated rings. The number of rotatable bonds is 4. The van der Waals surface area contributed by atoms with Gasteiger partial charge in [-0.25, -0.2) is 4.79 Å². The van der Waals surface area contributed by atoms with E-state index in [0.29, 0.717) is 20.3 Å². The van der Waals surface area contributed by atoms with Crippen molar-refractivity contribution in [3.8, 4) is 12.1 Å². The standard InChI is InChI=1S/C25H16Br2N4O5/c1-13(11-28)24(15-7-5-9-17(26)19(15)30(3)21(24)32)35-23(34)36-25(14(2)12-29)16-8-6-10-18(27)20(16)31(4)22(25)33/h5-10H,1-2H2,3-4H3. The van der Waals surface area contributed by atoms with Crippen molar-refractivity contribution in [1.29, 1.82) is 10.5 Å². The SMILES string of the molecule is C=C(C#N)C1(OC(=O)OC2(C(=C)C#N)C(=O)N(C)c3c(Br)cccc32)C(=O)N(C)c2c(Br)cccc21. The lowest BCUT2D eigenvalue weighted by atomic mass is 9.88.